The predicted octanol–water partition coefficient (Wildman–Crippen LogP) is 0.352. The average molecular weight is 347 g/mol. The molecule has 2 aromatic rings. The van der Waals surface area contributed by atoms with Crippen LogP contribution in [0.2, 0.25) is 0 Å². The Morgan fingerprint density at radius 2 is 1.96 bits per heavy atom. The zero-order chi connectivity index (χ0) is 17.8. The van der Waals surface area contributed by atoms with Gasteiger partial charge in [-0.3, -0.25) is 0 Å². The summed E-state index contributed by atoms with van der Waals surface area (Å²) in [5, 5.41) is 18.1. The Labute approximate surface area is 145 Å². The highest BCUT2D eigenvalue weighted by Gasteiger charge is 2.24. The first-order valence-corrected chi connectivity index (χ1v) is 8.00. The van der Waals surface area contributed by atoms with Crippen LogP contribution in [0.1, 0.15) is 12.8 Å². The number of pyridine rings is 2. The van der Waals surface area contributed by atoms with Crippen molar-refractivity contribution in [3.63, 3.8) is 0 Å². The molecular formula is C16H19BFN3O4. The van der Waals surface area contributed by atoms with Crippen LogP contribution in [0.4, 0.5) is 10.2 Å². The van der Waals surface area contributed by atoms with E-state index >= 15 is 0 Å². The molecule has 0 amide bonds. The molecule has 3 rings (SSSR count). The van der Waals surface area contributed by atoms with Gasteiger partial charge in [-0.2, -0.15) is 0 Å². The van der Waals surface area contributed by atoms with E-state index in [0.717, 1.165) is 18.9 Å². The minimum Gasteiger partial charge on any atom is -0.489 e. The number of piperidine rings is 1. The fourth-order valence-electron chi connectivity index (χ4n) is 2.75. The maximum Gasteiger partial charge on any atom is 0.490 e. The van der Waals surface area contributed by atoms with Crippen molar-refractivity contribution in [2.75, 3.05) is 25.1 Å². The third-order valence-electron chi connectivity index (χ3n) is 4.10. The zero-order valence-corrected chi connectivity index (χ0v) is 13.8. The second kappa shape index (κ2) is 7.67. The maximum atomic E-state index is 14.1. The first kappa shape index (κ1) is 17.4. The number of nitrogens with zero attached hydrogens (tertiary/aromatic N) is 3. The van der Waals surface area contributed by atoms with Gasteiger partial charge in [0.2, 0.25) is 5.88 Å². The highest BCUT2D eigenvalue weighted by molar-refractivity contribution is 6.58. The monoisotopic (exact) mass is 347 g/mol. The number of hydrogen-bond donors (Lipinski definition) is 2. The average Bonchev–Trinajstić information content (AvgIpc) is 2.63. The van der Waals surface area contributed by atoms with Crippen LogP contribution in [0, 0.1) is 5.82 Å². The minimum atomic E-state index is -1.73. The third kappa shape index (κ3) is 4.18. The molecular weight excluding hydrogens is 328 g/mol. The van der Waals surface area contributed by atoms with Gasteiger partial charge in [0.1, 0.15) is 11.9 Å². The van der Waals surface area contributed by atoms with E-state index < -0.39 is 12.9 Å². The lowest BCUT2D eigenvalue weighted by Crippen LogP contribution is -2.40. The van der Waals surface area contributed by atoms with Crippen LogP contribution < -0.4 is 19.8 Å². The summed E-state index contributed by atoms with van der Waals surface area (Å²) in [6, 6.07) is 4.64. The predicted molar refractivity (Wildman–Crippen MR) is 90.7 cm³/mol. The summed E-state index contributed by atoms with van der Waals surface area (Å²) in [5.41, 5.74) is 0.0338. The van der Waals surface area contributed by atoms with E-state index in [1.54, 1.807) is 25.4 Å². The summed E-state index contributed by atoms with van der Waals surface area (Å²) in [7, 11) is -0.173. The molecule has 0 spiro atoms. The summed E-state index contributed by atoms with van der Waals surface area (Å²) < 4.78 is 25.0. The number of halogens is 1. The summed E-state index contributed by atoms with van der Waals surface area (Å²) >= 11 is 0. The molecule has 7 nitrogen and oxygen atoms in total. The lowest BCUT2D eigenvalue weighted by atomic mass is 9.82. The van der Waals surface area contributed by atoms with E-state index in [1.807, 2.05) is 4.90 Å². The molecule has 9 heteroatoms. The summed E-state index contributed by atoms with van der Waals surface area (Å²) in [6.45, 7) is 1.19. The van der Waals surface area contributed by atoms with Crippen molar-refractivity contribution in [2.45, 2.75) is 18.9 Å². The molecule has 0 unspecified atom stereocenters. The molecule has 1 fully saturated rings. The van der Waals surface area contributed by atoms with Gasteiger partial charge in [0.25, 0.3) is 0 Å². The Morgan fingerprint density at radius 1 is 1.20 bits per heavy atom. The van der Waals surface area contributed by atoms with Crippen molar-refractivity contribution in [3.05, 3.63) is 36.4 Å². The lowest BCUT2D eigenvalue weighted by molar-refractivity contribution is 0.169. The van der Waals surface area contributed by atoms with Gasteiger partial charge in [-0.25, -0.2) is 14.4 Å². The highest BCUT2D eigenvalue weighted by atomic mass is 19.1. The Balaban J connectivity index is 1.58. The van der Waals surface area contributed by atoms with Gasteiger partial charge in [-0.1, -0.05) is 0 Å². The van der Waals surface area contributed by atoms with Gasteiger partial charge >= 0.3 is 7.12 Å². The molecule has 1 saturated heterocycles. The van der Waals surface area contributed by atoms with Crippen LogP contribution in [0.3, 0.4) is 0 Å². The SMILES string of the molecule is COc1ccc(OC2CCN(c3ncc(B(O)O)cc3F)CC2)cn1. The van der Waals surface area contributed by atoms with Crippen molar-refractivity contribution < 1.29 is 23.9 Å². The van der Waals surface area contributed by atoms with Gasteiger partial charge in [0.05, 0.1) is 13.3 Å². The van der Waals surface area contributed by atoms with E-state index in [1.165, 1.54) is 6.20 Å². The smallest absolute Gasteiger partial charge is 0.489 e. The fraction of sp³-hybridized carbons (Fsp3) is 0.375. The molecule has 132 valence electrons. The van der Waals surface area contributed by atoms with E-state index in [0.29, 0.717) is 24.7 Å². The third-order valence-corrected chi connectivity index (χ3v) is 4.10. The zero-order valence-electron chi connectivity index (χ0n) is 13.8. The summed E-state index contributed by atoms with van der Waals surface area (Å²) in [5.74, 6) is 0.850. The fourth-order valence-corrected chi connectivity index (χ4v) is 2.75. The Hall–Kier alpha value is -2.39. The molecule has 3 heterocycles. The van der Waals surface area contributed by atoms with Gasteiger partial charge in [-0.05, 0) is 12.1 Å². The molecule has 2 aromatic heterocycles. The molecule has 1 aliphatic heterocycles. The van der Waals surface area contributed by atoms with Gasteiger partial charge in [0, 0.05) is 43.7 Å². The van der Waals surface area contributed by atoms with Crippen molar-refractivity contribution in [3.8, 4) is 11.6 Å². The van der Waals surface area contributed by atoms with E-state index in [4.69, 9.17) is 19.5 Å². The number of rotatable bonds is 5. The van der Waals surface area contributed by atoms with E-state index in [-0.39, 0.29) is 17.4 Å². The Morgan fingerprint density at radius 3 is 2.52 bits per heavy atom. The van der Waals surface area contributed by atoms with Crippen molar-refractivity contribution in [2.24, 2.45) is 0 Å². The second-order valence-electron chi connectivity index (χ2n) is 5.79. The normalized spacial score (nSPS) is 15.1. The van der Waals surface area contributed by atoms with Crippen molar-refractivity contribution in [1.82, 2.24) is 9.97 Å². The number of ether oxygens (including phenoxy) is 2. The van der Waals surface area contributed by atoms with Gasteiger partial charge in [0.15, 0.2) is 11.6 Å². The van der Waals surface area contributed by atoms with Crippen LogP contribution in [-0.2, 0) is 0 Å². The number of methoxy groups -OCH3 is 1. The van der Waals surface area contributed by atoms with Crippen LogP contribution in [0.15, 0.2) is 30.6 Å². The molecule has 0 radical (unpaired) electrons. The standard InChI is InChI=1S/C16H19BFN3O4/c1-24-15-3-2-13(10-19-15)25-12-4-6-21(7-5-12)16-14(18)8-11(9-20-16)17(22)23/h2-3,8-10,12,22-23H,4-7H2,1H3. The molecule has 0 aromatic carbocycles. The Kier molecular flexibility index (Phi) is 5.35. The van der Waals surface area contributed by atoms with E-state index in [9.17, 15) is 4.39 Å². The number of aromatic nitrogens is 2. The molecule has 25 heavy (non-hydrogen) atoms. The molecule has 0 saturated carbocycles. The van der Waals surface area contributed by atoms with Crippen LogP contribution in [-0.4, -0.2) is 53.4 Å². The number of hydrogen-bond acceptors (Lipinski definition) is 7. The lowest BCUT2D eigenvalue weighted by Gasteiger charge is -2.33. The molecule has 0 atom stereocenters. The summed E-state index contributed by atoms with van der Waals surface area (Å²) in [4.78, 5) is 9.95. The number of anilines is 1. The quantitative estimate of drug-likeness (QED) is 0.755. The molecule has 2 N–H and O–H groups in total. The molecule has 1 aliphatic rings. The van der Waals surface area contributed by atoms with Crippen LogP contribution >= 0.6 is 0 Å². The largest absolute Gasteiger partial charge is 0.490 e. The first-order valence-electron chi connectivity index (χ1n) is 8.00. The highest BCUT2D eigenvalue weighted by Crippen LogP contribution is 2.23. The van der Waals surface area contributed by atoms with Crippen LogP contribution in [0.25, 0.3) is 0 Å². The van der Waals surface area contributed by atoms with E-state index in [2.05, 4.69) is 9.97 Å². The topological polar surface area (TPSA) is 87.9 Å². The minimum absolute atomic E-state index is 0.0213. The summed E-state index contributed by atoms with van der Waals surface area (Å²) in [6.07, 6.45) is 4.35. The molecule has 0 bridgehead atoms. The van der Waals surface area contributed by atoms with Gasteiger partial charge in [-0.15, -0.1) is 0 Å². The molecule has 0 aliphatic carbocycles. The Bertz CT molecular complexity index is 709. The van der Waals surface area contributed by atoms with Crippen LogP contribution in [0.5, 0.6) is 11.6 Å². The van der Waals surface area contributed by atoms with Gasteiger partial charge < -0.3 is 24.4 Å². The first-order chi connectivity index (χ1) is 12.1. The van der Waals surface area contributed by atoms with Crippen molar-refractivity contribution >= 4 is 18.4 Å². The van der Waals surface area contributed by atoms with Crippen molar-refractivity contribution in [1.29, 1.82) is 0 Å². The maximum absolute atomic E-state index is 14.1. The second-order valence-corrected chi connectivity index (χ2v) is 5.79.